The summed E-state index contributed by atoms with van der Waals surface area (Å²) in [4.78, 5) is 0. The average Bonchev–Trinajstić information content (AvgIpc) is 2.62. The fraction of sp³-hybridized carbons (Fsp3) is 0.600. The predicted molar refractivity (Wildman–Crippen MR) is 69.7 cm³/mol. The molecular formula is C15H23N. The number of fused-ring (bicyclic) bond motifs is 1. The Bertz CT molecular complexity index is 331. The highest BCUT2D eigenvalue weighted by molar-refractivity contribution is 5.35. The van der Waals surface area contributed by atoms with Crippen LogP contribution in [0.4, 0.5) is 0 Å². The van der Waals surface area contributed by atoms with Gasteiger partial charge in [-0.3, -0.25) is 0 Å². The van der Waals surface area contributed by atoms with Gasteiger partial charge in [0.05, 0.1) is 0 Å². The molecule has 0 heterocycles. The topological polar surface area (TPSA) is 12.0 Å². The molecule has 2 rings (SSSR count). The quantitative estimate of drug-likeness (QED) is 0.817. The highest BCUT2D eigenvalue weighted by Gasteiger charge is 2.31. The van der Waals surface area contributed by atoms with Gasteiger partial charge in [0.25, 0.3) is 0 Å². The Balaban J connectivity index is 1.98. The van der Waals surface area contributed by atoms with E-state index >= 15 is 0 Å². The predicted octanol–water partition coefficient (Wildman–Crippen LogP) is 3.18. The molecule has 1 heteroatoms. The minimum absolute atomic E-state index is 0.285. The zero-order valence-corrected chi connectivity index (χ0v) is 10.7. The van der Waals surface area contributed by atoms with Crippen LogP contribution in [0, 0.1) is 5.92 Å². The lowest BCUT2D eigenvalue weighted by molar-refractivity contribution is 0.339. The molecule has 0 radical (unpaired) electrons. The zero-order chi connectivity index (χ0) is 11.6. The molecule has 1 aromatic rings. The SMILES string of the molecule is CCC(C)CNC1(C)Cc2ccccc2C1. The second-order valence-electron chi connectivity index (χ2n) is 5.58. The third kappa shape index (κ3) is 2.46. The summed E-state index contributed by atoms with van der Waals surface area (Å²) in [5, 5.41) is 3.76. The van der Waals surface area contributed by atoms with Crippen LogP contribution in [0.1, 0.15) is 38.3 Å². The largest absolute Gasteiger partial charge is 0.311 e. The Morgan fingerprint density at radius 3 is 2.31 bits per heavy atom. The number of hydrogen-bond acceptors (Lipinski definition) is 1. The first-order valence-electron chi connectivity index (χ1n) is 6.45. The number of nitrogens with one attached hydrogen (secondary N) is 1. The van der Waals surface area contributed by atoms with Gasteiger partial charge in [0, 0.05) is 5.54 Å². The number of hydrogen-bond donors (Lipinski definition) is 1. The van der Waals surface area contributed by atoms with Crippen LogP contribution in [-0.4, -0.2) is 12.1 Å². The van der Waals surface area contributed by atoms with Gasteiger partial charge < -0.3 is 5.32 Å². The van der Waals surface area contributed by atoms with Gasteiger partial charge in [-0.1, -0.05) is 44.5 Å². The number of rotatable bonds is 4. The van der Waals surface area contributed by atoms with Crippen LogP contribution in [0.3, 0.4) is 0 Å². The molecule has 1 nitrogen and oxygen atoms in total. The van der Waals surface area contributed by atoms with E-state index in [9.17, 15) is 0 Å². The van der Waals surface area contributed by atoms with Crippen LogP contribution >= 0.6 is 0 Å². The van der Waals surface area contributed by atoms with Crippen molar-refractivity contribution in [1.29, 1.82) is 0 Å². The standard InChI is InChI=1S/C15H23N/c1-4-12(2)11-16-15(3)9-13-7-5-6-8-14(13)10-15/h5-8,12,16H,4,9-11H2,1-3H3. The minimum atomic E-state index is 0.285. The van der Waals surface area contributed by atoms with Crippen molar-refractivity contribution in [2.24, 2.45) is 5.92 Å². The first-order valence-corrected chi connectivity index (χ1v) is 6.45. The van der Waals surface area contributed by atoms with Crippen molar-refractivity contribution in [3.05, 3.63) is 35.4 Å². The first-order chi connectivity index (χ1) is 7.63. The third-order valence-electron chi connectivity index (χ3n) is 3.85. The van der Waals surface area contributed by atoms with E-state index in [1.807, 2.05) is 0 Å². The summed E-state index contributed by atoms with van der Waals surface area (Å²) >= 11 is 0. The molecular weight excluding hydrogens is 194 g/mol. The normalized spacial score (nSPS) is 19.4. The molecule has 0 bridgehead atoms. The van der Waals surface area contributed by atoms with Crippen molar-refractivity contribution >= 4 is 0 Å². The summed E-state index contributed by atoms with van der Waals surface area (Å²) < 4.78 is 0. The molecule has 0 aliphatic heterocycles. The van der Waals surface area contributed by atoms with Crippen molar-refractivity contribution in [3.8, 4) is 0 Å². The molecule has 0 fully saturated rings. The fourth-order valence-corrected chi connectivity index (χ4v) is 2.50. The molecule has 0 saturated carbocycles. The third-order valence-corrected chi connectivity index (χ3v) is 3.85. The lowest BCUT2D eigenvalue weighted by Gasteiger charge is -2.27. The Morgan fingerprint density at radius 2 is 1.81 bits per heavy atom. The monoisotopic (exact) mass is 217 g/mol. The second kappa shape index (κ2) is 4.58. The fourth-order valence-electron chi connectivity index (χ4n) is 2.50. The Labute approximate surface area is 99.3 Å². The summed E-state index contributed by atoms with van der Waals surface area (Å²) in [5.74, 6) is 0.778. The van der Waals surface area contributed by atoms with E-state index in [4.69, 9.17) is 0 Å². The maximum Gasteiger partial charge on any atom is 0.0234 e. The van der Waals surface area contributed by atoms with Crippen molar-refractivity contribution in [2.45, 2.75) is 45.6 Å². The Kier molecular flexibility index (Phi) is 3.34. The Morgan fingerprint density at radius 1 is 1.25 bits per heavy atom. The van der Waals surface area contributed by atoms with Gasteiger partial charge in [-0.25, -0.2) is 0 Å². The highest BCUT2D eigenvalue weighted by atomic mass is 15.0. The van der Waals surface area contributed by atoms with E-state index in [0.29, 0.717) is 0 Å². The van der Waals surface area contributed by atoms with Gasteiger partial charge in [0.15, 0.2) is 0 Å². The van der Waals surface area contributed by atoms with E-state index in [1.165, 1.54) is 30.4 Å². The van der Waals surface area contributed by atoms with E-state index in [-0.39, 0.29) is 5.54 Å². The summed E-state index contributed by atoms with van der Waals surface area (Å²) in [6.07, 6.45) is 3.62. The zero-order valence-electron chi connectivity index (χ0n) is 10.7. The van der Waals surface area contributed by atoms with Crippen LogP contribution in [0.2, 0.25) is 0 Å². The molecule has 88 valence electrons. The highest BCUT2D eigenvalue weighted by Crippen LogP contribution is 2.29. The summed E-state index contributed by atoms with van der Waals surface area (Å²) in [6, 6.07) is 8.84. The van der Waals surface area contributed by atoms with Crippen molar-refractivity contribution < 1.29 is 0 Å². The lowest BCUT2D eigenvalue weighted by atomic mass is 9.97. The van der Waals surface area contributed by atoms with Crippen molar-refractivity contribution in [2.75, 3.05) is 6.54 Å². The molecule has 0 aromatic heterocycles. The smallest absolute Gasteiger partial charge is 0.0234 e. The molecule has 0 saturated heterocycles. The second-order valence-corrected chi connectivity index (χ2v) is 5.58. The Hall–Kier alpha value is -0.820. The average molecular weight is 217 g/mol. The van der Waals surface area contributed by atoms with E-state index in [0.717, 1.165) is 12.5 Å². The van der Waals surface area contributed by atoms with E-state index < -0.39 is 0 Å². The molecule has 1 aliphatic rings. The van der Waals surface area contributed by atoms with Gasteiger partial charge in [-0.15, -0.1) is 0 Å². The molecule has 1 N–H and O–H groups in total. The number of benzene rings is 1. The maximum absolute atomic E-state index is 3.76. The van der Waals surface area contributed by atoms with Crippen molar-refractivity contribution in [1.82, 2.24) is 5.32 Å². The van der Waals surface area contributed by atoms with Crippen LogP contribution in [0.15, 0.2) is 24.3 Å². The van der Waals surface area contributed by atoms with Gasteiger partial charge in [-0.05, 0) is 43.4 Å². The molecule has 0 amide bonds. The van der Waals surface area contributed by atoms with Crippen LogP contribution in [0.5, 0.6) is 0 Å². The summed E-state index contributed by atoms with van der Waals surface area (Å²) in [6.45, 7) is 8.08. The van der Waals surface area contributed by atoms with Gasteiger partial charge in [0.1, 0.15) is 0 Å². The molecule has 0 spiro atoms. The van der Waals surface area contributed by atoms with Gasteiger partial charge >= 0.3 is 0 Å². The summed E-state index contributed by atoms with van der Waals surface area (Å²) in [5.41, 5.74) is 3.34. The van der Waals surface area contributed by atoms with Gasteiger partial charge in [-0.2, -0.15) is 0 Å². The molecule has 1 atom stereocenters. The van der Waals surface area contributed by atoms with E-state index in [2.05, 4.69) is 50.4 Å². The van der Waals surface area contributed by atoms with Gasteiger partial charge in [0.2, 0.25) is 0 Å². The maximum atomic E-state index is 3.76. The molecule has 1 aromatic carbocycles. The van der Waals surface area contributed by atoms with E-state index in [1.54, 1.807) is 0 Å². The lowest BCUT2D eigenvalue weighted by Crippen LogP contribution is -2.45. The van der Waals surface area contributed by atoms with Crippen LogP contribution in [0.25, 0.3) is 0 Å². The minimum Gasteiger partial charge on any atom is -0.311 e. The molecule has 1 unspecified atom stereocenters. The first kappa shape index (κ1) is 11.7. The molecule has 1 aliphatic carbocycles. The van der Waals surface area contributed by atoms with Crippen LogP contribution < -0.4 is 5.32 Å². The molecule has 16 heavy (non-hydrogen) atoms. The van der Waals surface area contributed by atoms with Crippen molar-refractivity contribution in [3.63, 3.8) is 0 Å². The summed E-state index contributed by atoms with van der Waals surface area (Å²) in [7, 11) is 0. The van der Waals surface area contributed by atoms with Crippen LogP contribution in [-0.2, 0) is 12.8 Å².